The maximum absolute atomic E-state index is 13.1. The quantitative estimate of drug-likeness (QED) is 0.216. The minimum atomic E-state index is -0.142. The van der Waals surface area contributed by atoms with Crippen molar-refractivity contribution in [3.63, 3.8) is 0 Å². The van der Waals surface area contributed by atoms with Gasteiger partial charge in [0.2, 0.25) is 5.88 Å². The highest BCUT2D eigenvalue weighted by atomic mass is 16.4. The highest BCUT2D eigenvalue weighted by Crippen LogP contribution is 2.23. The van der Waals surface area contributed by atoms with Gasteiger partial charge in [-0.2, -0.15) is 0 Å². The van der Waals surface area contributed by atoms with E-state index < -0.39 is 0 Å². The van der Waals surface area contributed by atoms with E-state index in [0.29, 0.717) is 66.1 Å². The first-order chi connectivity index (χ1) is 23.4. The molecule has 5 aromatic heterocycles. The third-order valence-electron chi connectivity index (χ3n) is 8.10. The molecular formula is C35H29N11O2. The Morgan fingerprint density at radius 3 is 1.71 bits per heavy atom. The number of aryl methyl sites for hydroxylation is 2. The minimum Gasteiger partial charge on any atom is -0.440 e. The molecular weight excluding hydrogens is 606 g/mol. The smallest absolute Gasteiger partial charge is 0.200 e. The van der Waals surface area contributed by atoms with Gasteiger partial charge in [0.1, 0.15) is 30.1 Å². The van der Waals surface area contributed by atoms with Gasteiger partial charge in [0.25, 0.3) is 0 Å². The average molecular weight is 636 g/mol. The molecule has 0 saturated carbocycles. The maximum Gasteiger partial charge on any atom is 0.200 e. The largest absolute Gasteiger partial charge is 0.440 e. The lowest BCUT2D eigenvalue weighted by Crippen LogP contribution is -2.24. The van der Waals surface area contributed by atoms with E-state index in [-0.39, 0.29) is 5.43 Å². The van der Waals surface area contributed by atoms with Crippen molar-refractivity contribution in [3.8, 4) is 0 Å². The van der Waals surface area contributed by atoms with E-state index in [4.69, 9.17) is 14.4 Å². The molecule has 0 fully saturated rings. The van der Waals surface area contributed by atoms with Crippen LogP contribution in [0.25, 0.3) is 32.8 Å². The van der Waals surface area contributed by atoms with Gasteiger partial charge in [-0.3, -0.25) is 4.79 Å². The normalized spacial score (nSPS) is 11.5. The Kier molecular flexibility index (Phi) is 7.32. The van der Waals surface area contributed by atoms with E-state index in [1.807, 2.05) is 91.8 Å². The molecule has 0 aliphatic carbocycles. The average Bonchev–Trinajstić information content (AvgIpc) is 3.73. The molecule has 5 heterocycles. The molecule has 48 heavy (non-hydrogen) atoms. The lowest BCUT2D eigenvalue weighted by molar-refractivity contribution is 0.561. The summed E-state index contributed by atoms with van der Waals surface area (Å²) in [5, 5.41) is 20.1. The van der Waals surface area contributed by atoms with Crippen LogP contribution in [0.2, 0.25) is 0 Å². The Balaban J connectivity index is 1.06. The second-order valence-electron chi connectivity index (χ2n) is 11.6. The van der Waals surface area contributed by atoms with Gasteiger partial charge < -0.3 is 9.32 Å². The zero-order valence-corrected chi connectivity index (χ0v) is 26.2. The molecule has 0 aliphatic heterocycles. The fourth-order valence-electron chi connectivity index (χ4n) is 5.85. The first kappa shape index (κ1) is 29.1. The number of hydrogen-bond acceptors (Lipinski definition) is 11. The topological polar surface area (TPSA) is 146 Å². The summed E-state index contributed by atoms with van der Waals surface area (Å²) in [4.78, 5) is 33.7. The Labute approximate surface area is 273 Å². The van der Waals surface area contributed by atoms with Crippen LogP contribution < -0.4 is 10.3 Å². The van der Waals surface area contributed by atoms with Gasteiger partial charge in [-0.1, -0.05) is 59.0 Å². The van der Waals surface area contributed by atoms with Crippen LogP contribution in [0.1, 0.15) is 34.4 Å². The minimum absolute atomic E-state index is 0.142. The van der Waals surface area contributed by atoms with Crippen molar-refractivity contribution in [2.45, 2.75) is 40.0 Å². The van der Waals surface area contributed by atoms with Crippen LogP contribution in [0, 0.1) is 13.8 Å². The Morgan fingerprint density at radius 1 is 0.646 bits per heavy atom. The number of anilines is 1. The summed E-state index contributed by atoms with van der Waals surface area (Å²) in [5.74, 6) is 1.66. The highest BCUT2D eigenvalue weighted by molar-refractivity contribution is 5.81. The molecule has 0 amide bonds. The van der Waals surface area contributed by atoms with Crippen LogP contribution in [0.3, 0.4) is 0 Å². The van der Waals surface area contributed by atoms with Gasteiger partial charge in [0, 0.05) is 28.2 Å². The molecule has 3 aromatic carbocycles. The summed E-state index contributed by atoms with van der Waals surface area (Å²) >= 11 is 0. The Bertz CT molecular complexity index is 2370. The number of para-hydroxylation sites is 3. The molecule has 0 aliphatic rings. The number of rotatable bonds is 9. The predicted molar refractivity (Wildman–Crippen MR) is 179 cm³/mol. The maximum atomic E-state index is 13.1. The zero-order valence-electron chi connectivity index (χ0n) is 26.2. The molecule has 236 valence electrons. The molecule has 0 N–H and O–H groups in total. The van der Waals surface area contributed by atoms with Crippen molar-refractivity contribution in [3.05, 3.63) is 136 Å². The van der Waals surface area contributed by atoms with E-state index >= 15 is 0 Å². The first-order valence-corrected chi connectivity index (χ1v) is 15.5. The summed E-state index contributed by atoms with van der Waals surface area (Å²) < 4.78 is 9.65. The summed E-state index contributed by atoms with van der Waals surface area (Å²) in [5.41, 5.74) is 5.25. The number of fused-ring (bicyclic) bond motifs is 3. The SMILES string of the molecule is Cc1nc(Cn2cc(CN(Cc3cn(Cc4nc(C)c5ccccc5n4)nn3)c3cc(=O)c4ccccc4o3)nn2)nc2ccccc12. The Hall–Kier alpha value is -6.37. The van der Waals surface area contributed by atoms with Gasteiger partial charge in [-0.15, -0.1) is 10.2 Å². The standard InChI is InChI=1S/C35H29N11O2/c1-22-26-9-3-6-12-29(26)38-33(36-22)20-45-18-24(40-42-45)16-44(35-15-31(47)28-11-5-8-14-32(28)48-35)17-25-19-46(43-41-25)21-34-37-23(2)27-10-4-7-13-30(27)39-34/h3-15,18-19H,16-17,20-21H2,1-2H3. The summed E-state index contributed by atoms with van der Waals surface area (Å²) in [6.07, 6.45) is 3.69. The van der Waals surface area contributed by atoms with Crippen molar-refractivity contribution >= 4 is 38.7 Å². The molecule has 13 nitrogen and oxygen atoms in total. The summed E-state index contributed by atoms with van der Waals surface area (Å²) in [6, 6.07) is 24.5. The number of aromatic nitrogens is 10. The van der Waals surface area contributed by atoms with Gasteiger partial charge >= 0.3 is 0 Å². The van der Waals surface area contributed by atoms with E-state index in [1.165, 1.54) is 6.07 Å². The number of hydrogen-bond donors (Lipinski definition) is 0. The third kappa shape index (κ3) is 5.84. The van der Waals surface area contributed by atoms with Crippen LogP contribution in [-0.4, -0.2) is 49.9 Å². The zero-order chi connectivity index (χ0) is 32.6. The van der Waals surface area contributed by atoms with E-state index in [9.17, 15) is 4.79 Å². The highest BCUT2D eigenvalue weighted by Gasteiger charge is 2.18. The second-order valence-corrected chi connectivity index (χ2v) is 11.6. The van der Waals surface area contributed by atoms with Crippen LogP contribution in [0.5, 0.6) is 0 Å². The molecule has 0 atom stereocenters. The van der Waals surface area contributed by atoms with Crippen molar-refractivity contribution in [1.29, 1.82) is 0 Å². The number of benzene rings is 3. The lowest BCUT2D eigenvalue weighted by atomic mass is 10.2. The molecule has 13 heteroatoms. The molecule has 0 bridgehead atoms. The summed E-state index contributed by atoms with van der Waals surface area (Å²) in [7, 11) is 0. The molecule has 8 rings (SSSR count). The Morgan fingerprint density at radius 2 is 1.15 bits per heavy atom. The van der Waals surface area contributed by atoms with Gasteiger partial charge in [0.15, 0.2) is 17.1 Å². The first-order valence-electron chi connectivity index (χ1n) is 15.5. The van der Waals surface area contributed by atoms with Crippen LogP contribution in [0.15, 0.2) is 100 Å². The molecule has 0 radical (unpaired) electrons. The fourth-order valence-corrected chi connectivity index (χ4v) is 5.85. The number of nitrogens with zero attached hydrogens (tertiary/aromatic N) is 11. The molecule has 0 unspecified atom stereocenters. The fraction of sp³-hybridized carbons (Fsp3) is 0.171. The van der Waals surface area contributed by atoms with Gasteiger partial charge in [-0.05, 0) is 38.1 Å². The van der Waals surface area contributed by atoms with Crippen LogP contribution in [-0.2, 0) is 26.2 Å². The third-order valence-corrected chi connectivity index (χ3v) is 8.10. The van der Waals surface area contributed by atoms with E-state index in [2.05, 4.69) is 30.6 Å². The van der Waals surface area contributed by atoms with Crippen LogP contribution in [0.4, 0.5) is 5.88 Å². The predicted octanol–water partition coefficient (Wildman–Crippen LogP) is 4.78. The van der Waals surface area contributed by atoms with Crippen molar-refractivity contribution in [1.82, 2.24) is 49.9 Å². The second kappa shape index (κ2) is 12.1. The van der Waals surface area contributed by atoms with Crippen molar-refractivity contribution in [2.24, 2.45) is 0 Å². The molecule has 0 saturated heterocycles. The monoisotopic (exact) mass is 635 g/mol. The van der Waals surface area contributed by atoms with Crippen LogP contribution >= 0.6 is 0 Å². The van der Waals surface area contributed by atoms with Gasteiger partial charge in [-0.25, -0.2) is 29.3 Å². The van der Waals surface area contributed by atoms with E-state index in [1.54, 1.807) is 21.5 Å². The molecule has 8 aromatic rings. The van der Waals surface area contributed by atoms with Crippen molar-refractivity contribution < 1.29 is 4.42 Å². The lowest BCUT2D eigenvalue weighted by Gasteiger charge is -2.21. The van der Waals surface area contributed by atoms with Gasteiger partial charge in [0.05, 0.1) is 41.9 Å². The summed E-state index contributed by atoms with van der Waals surface area (Å²) in [6.45, 7) is 5.24. The van der Waals surface area contributed by atoms with Crippen molar-refractivity contribution in [2.75, 3.05) is 4.90 Å². The van der Waals surface area contributed by atoms with E-state index in [0.717, 1.165) is 33.2 Å². The molecule has 0 spiro atoms.